The summed E-state index contributed by atoms with van der Waals surface area (Å²) in [5, 5.41) is 9.45. The van der Waals surface area contributed by atoms with Crippen molar-refractivity contribution in [3.8, 4) is 0 Å². The highest BCUT2D eigenvalue weighted by molar-refractivity contribution is 5.82. The molecule has 0 saturated carbocycles. The summed E-state index contributed by atoms with van der Waals surface area (Å²) < 4.78 is 0. The summed E-state index contributed by atoms with van der Waals surface area (Å²) in [5.74, 6) is 0.0281. The molecule has 9 heteroatoms. The van der Waals surface area contributed by atoms with Gasteiger partial charge in [-0.2, -0.15) is 0 Å². The number of carbonyl (C=O) groups excluding carboxylic acids is 3. The summed E-state index contributed by atoms with van der Waals surface area (Å²) in [6.45, 7) is 8.98. The van der Waals surface area contributed by atoms with E-state index in [1.807, 2.05) is 0 Å². The molecule has 0 saturated heterocycles. The molecule has 0 radical (unpaired) electrons. The van der Waals surface area contributed by atoms with Gasteiger partial charge in [0.1, 0.15) is 0 Å². The molecule has 0 aromatic carbocycles. The van der Waals surface area contributed by atoms with Crippen LogP contribution in [0, 0.1) is 0 Å². The molecule has 0 rings (SSSR count). The smallest absolute Gasteiger partial charge is 0.239 e. The molecule has 49 heavy (non-hydrogen) atoms. The number of hydrogen-bond acceptors (Lipinski definition) is 6. The number of nitrogens with two attached hydrogens (primary N) is 2. The lowest BCUT2D eigenvalue weighted by Gasteiger charge is -2.26. The van der Waals surface area contributed by atoms with Crippen LogP contribution < -0.4 is 27.4 Å². The van der Waals surface area contributed by atoms with Gasteiger partial charge in [-0.1, -0.05) is 136 Å². The van der Waals surface area contributed by atoms with Crippen LogP contribution in [-0.2, 0) is 14.4 Å². The maximum absolute atomic E-state index is 13.1. The van der Waals surface area contributed by atoms with E-state index in [4.69, 9.17) is 11.5 Å². The second kappa shape index (κ2) is 37.5. The topological polar surface area (TPSA) is 143 Å². The minimum Gasteiger partial charge on any atom is -0.356 e. The van der Waals surface area contributed by atoms with Crippen molar-refractivity contribution in [1.82, 2.24) is 20.9 Å². The van der Waals surface area contributed by atoms with Crippen LogP contribution in [0.4, 0.5) is 0 Å². The highest BCUT2D eigenvalue weighted by Gasteiger charge is 2.21. The van der Waals surface area contributed by atoms with E-state index in [1.165, 1.54) is 109 Å². The number of unbranched alkanes of at least 4 members (excludes halogenated alkanes) is 20. The van der Waals surface area contributed by atoms with Crippen molar-refractivity contribution in [2.75, 3.05) is 45.8 Å². The molecule has 1 atom stereocenters. The Morgan fingerprint density at radius 1 is 0.510 bits per heavy atom. The molecule has 9 nitrogen and oxygen atoms in total. The number of rotatable bonds is 38. The predicted octanol–water partition coefficient (Wildman–Crippen LogP) is 7.50. The quantitative estimate of drug-likeness (QED) is 0.0424. The SMILES string of the molecule is CCCCCCCCCCCCNC(=O)CCNCCCCN(CCC(=O)NCCCCCCCCCCCC)C(=O)C(N)CCCCN. The first kappa shape index (κ1) is 47.3. The van der Waals surface area contributed by atoms with Crippen LogP contribution in [0.25, 0.3) is 0 Å². The molecule has 0 spiro atoms. The van der Waals surface area contributed by atoms with Crippen LogP contribution >= 0.6 is 0 Å². The van der Waals surface area contributed by atoms with E-state index in [1.54, 1.807) is 4.90 Å². The number of hydrogen-bond donors (Lipinski definition) is 5. The molecule has 0 heterocycles. The highest BCUT2D eigenvalue weighted by Crippen LogP contribution is 2.12. The zero-order chi connectivity index (χ0) is 36.0. The molecule has 1 unspecified atom stereocenters. The Morgan fingerprint density at radius 2 is 0.959 bits per heavy atom. The van der Waals surface area contributed by atoms with Crippen molar-refractivity contribution in [1.29, 1.82) is 0 Å². The molecule has 0 aromatic rings. The second-order valence-electron chi connectivity index (χ2n) is 14.2. The van der Waals surface area contributed by atoms with E-state index in [0.717, 1.165) is 58.0 Å². The Bertz CT molecular complexity index is 754. The van der Waals surface area contributed by atoms with Gasteiger partial charge < -0.3 is 32.3 Å². The first-order valence-corrected chi connectivity index (χ1v) is 20.9. The maximum atomic E-state index is 13.1. The van der Waals surface area contributed by atoms with E-state index in [9.17, 15) is 14.4 Å². The van der Waals surface area contributed by atoms with Gasteiger partial charge in [-0.15, -0.1) is 0 Å². The molecule has 3 amide bonds. The van der Waals surface area contributed by atoms with E-state index >= 15 is 0 Å². The summed E-state index contributed by atoms with van der Waals surface area (Å²) >= 11 is 0. The third kappa shape index (κ3) is 33.2. The Hall–Kier alpha value is -1.71. The van der Waals surface area contributed by atoms with Crippen LogP contribution in [0.15, 0.2) is 0 Å². The van der Waals surface area contributed by atoms with Gasteiger partial charge in [-0.25, -0.2) is 0 Å². The van der Waals surface area contributed by atoms with Gasteiger partial charge in [0, 0.05) is 45.6 Å². The minimum atomic E-state index is -0.557. The zero-order valence-corrected chi connectivity index (χ0v) is 32.4. The lowest BCUT2D eigenvalue weighted by Crippen LogP contribution is -2.45. The summed E-state index contributed by atoms with van der Waals surface area (Å²) in [7, 11) is 0. The molecular weight excluding hydrogens is 612 g/mol. The lowest BCUT2D eigenvalue weighted by molar-refractivity contribution is -0.133. The molecule has 7 N–H and O–H groups in total. The number of amides is 3. The highest BCUT2D eigenvalue weighted by atomic mass is 16.2. The molecule has 290 valence electrons. The number of nitrogens with zero attached hydrogens (tertiary/aromatic N) is 1. The van der Waals surface area contributed by atoms with Crippen LogP contribution in [0.5, 0.6) is 0 Å². The fourth-order valence-corrected chi connectivity index (χ4v) is 6.17. The zero-order valence-electron chi connectivity index (χ0n) is 32.4. The third-order valence-corrected chi connectivity index (χ3v) is 9.47. The van der Waals surface area contributed by atoms with Gasteiger partial charge in [0.25, 0.3) is 0 Å². The van der Waals surface area contributed by atoms with Crippen molar-refractivity contribution in [2.24, 2.45) is 11.5 Å². The largest absolute Gasteiger partial charge is 0.356 e. The van der Waals surface area contributed by atoms with Crippen LogP contribution in [0.2, 0.25) is 0 Å². The number of carbonyl (C=O) groups is 3. The van der Waals surface area contributed by atoms with Gasteiger partial charge >= 0.3 is 0 Å². The van der Waals surface area contributed by atoms with Crippen LogP contribution in [-0.4, -0.2) is 74.5 Å². The average molecular weight is 695 g/mol. The summed E-state index contributed by atoms with van der Waals surface area (Å²) in [5.41, 5.74) is 11.9. The van der Waals surface area contributed by atoms with Crippen molar-refractivity contribution >= 4 is 17.7 Å². The van der Waals surface area contributed by atoms with Gasteiger partial charge in [0.15, 0.2) is 0 Å². The first-order valence-electron chi connectivity index (χ1n) is 20.9. The number of nitrogens with one attached hydrogen (secondary N) is 3. The first-order chi connectivity index (χ1) is 24.0. The van der Waals surface area contributed by atoms with Gasteiger partial charge in [0.2, 0.25) is 17.7 Å². The third-order valence-electron chi connectivity index (χ3n) is 9.47. The predicted molar refractivity (Wildman–Crippen MR) is 209 cm³/mol. The van der Waals surface area contributed by atoms with E-state index in [2.05, 4.69) is 29.8 Å². The van der Waals surface area contributed by atoms with Gasteiger partial charge in [-0.3, -0.25) is 14.4 Å². The molecule has 0 aliphatic heterocycles. The Morgan fingerprint density at radius 3 is 1.45 bits per heavy atom. The summed E-state index contributed by atoms with van der Waals surface area (Å²) in [6, 6.07) is -0.557. The maximum Gasteiger partial charge on any atom is 0.239 e. The second-order valence-corrected chi connectivity index (χ2v) is 14.2. The normalized spacial score (nSPS) is 11.8. The molecule has 0 fully saturated rings. The van der Waals surface area contributed by atoms with Gasteiger partial charge in [0.05, 0.1) is 6.04 Å². The molecular formula is C40H82N6O3. The average Bonchev–Trinajstić information content (AvgIpc) is 3.10. The summed E-state index contributed by atoms with van der Waals surface area (Å²) in [6.07, 6.45) is 30.4. The lowest BCUT2D eigenvalue weighted by atomic mass is 10.1. The fraction of sp³-hybridized carbons (Fsp3) is 0.925. The van der Waals surface area contributed by atoms with Crippen molar-refractivity contribution in [2.45, 2.75) is 193 Å². The van der Waals surface area contributed by atoms with Gasteiger partial charge in [-0.05, 0) is 51.6 Å². The molecule has 0 aromatic heterocycles. The van der Waals surface area contributed by atoms with E-state index < -0.39 is 6.04 Å². The standard InChI is InChI=1S/C40H82N6O3/c1-3-5-7-9-11-13-15-17-19-23-32-44-38(47)28-34-43-31-25-26-35-46(40(49)37(42)27-21-22-30-41)36-29-39(48)45-33-24-20-18-16-14-12-10-8-6-4-2/h37,43H,3-36,41-42H2,1-2H3,(H,44,47)(H,45,48). The van der Waals surface area contributed by atoms with Crippen molar-refractivity contribution in [3.05, 3.63) is 0 Å². The molecule has 0 aliphatic rings. The minimum absolute atomic E-state index is 0.00135. The molecule has 0 aliphatic carbocycles. The monoisotopic (exact) mass is 695 g/mol. The fourth-order valence-electron chi connectivity index (χ4n) is 6.17. The van der Waals surface area contributed by atoms with Crippen LogP contribution in [0.3, 0.4) is 0 Å². The Kier molecular flexibility index (Phi) is 36.2. The van der Waals surface area contributed by atoms with Crippen molar-refractivity contribution < 1.29 is 14.4 Å². The Balaban J connectivity index is 4.11. The summed E-state index contributed by atoms with van der Waals surface area (Å²) in [4.78, 5) is 39.6. The van der Waals surface area contributed by atoms with E-state index in [0.29, 0.717) is 52.0 Å². The molecule has 0 bridgehead atoms. The van der Waals surface area contributed by atoms with Crippen LogP contribution in [0.1, 0.15) is 187 Å². The Labute approximate surface area is 303 Å². The van der Waals surface area contributed by atoms with E-state index in [-0.39, 0.29) is 17.7 Å². The van der Waals surface area contributed by atoms with Crippen molar-refractivity contribution in [3.63, 3.8) is 0 Å².